The van der Waals surface area contributed by atoms with Gasteiger partial charge in [-0.2, -0.15) is 5.10 Å². The maximum atomic E-state index is 12.7. The highest BCUT2D eigenvalue weighted by molar-refractivity contribution is 6.01. The minimum atomic E-state index is -0.199. The zero-order chi connectivity index (χ0) is 19.8. The lowest BCUT2D eigenvalue weighted by Crippen LogP contribution is -2.31. The summed E-state index contributed by atoms with van der Waals surface area (Å²) in [7, 11) is 0. The van der Waals surface area contributed by atoms with Crippen molar-refractivity contribution in [2.75, 3.05) is 18.4 Å². The number of benzene rings is 1. The summed E-state index contributed by atoms with van der Waals surface area (Å²) in [5.74, 6) is 2.21. The number of para-hydroxylation sites is 1. The molecule has 0 spiro atoms. The number of hydrogen-bond acceptors (Lipinski definition) is 5. The van der Waals surface area contributed by atoms with Crippen molar-refractivity contribution in [1.82, 2.24) is 29.4 Å². The van der Waals surface area contributed by atoms with E-state index in [-0.39, 0.29) is 5.91 Å². The fraction of sp³-hybridized carbons (Fsp3) is 0.429. The molecule has 0 unspecified atom stereocenters. The minimum Gasteiger partial charge on any atom is -0.319 e. The van der Waals surface area contributed by atoms with Gasteiger partial charge in [0, 0.05) is 56.6 Å². The Balaban J connectivity index is 1.27. The van der Waals surface area contributed by atoms with Crippen molar-refractivity contribution in [3.05, 3.63) is 59.9 Å². The molecule has 1 aromatic carbocycles. The van der Waals surface area contributed by atoms with Crippen LogP contribution in [0, 0.1) is 11.8 Å². The molecule has 8 heteroatoms. The van der Waals surface area contributed by atoms with E-state index in [1.807, 2.05) is 45.8 Å². The van der Waals surface area contributed by atoms with Gasteiger partial charge in [-0.25, -0.2) is 0 Å². The van der Waals surface area contributed by atoms with Gasteiger partial charge in [0.2, 0.25) is 5.82 Å². The summed E-state index contributed by atoms with van der Waals surface area (Å²) in [5, 5.41) is 15.8. The highest BCUT2D eigenvalue weighted by atomic mass is 16.2. The maximum Gasteiger partial charge on any atom is 0.293 e. The normalized spacial score (nSPS) is 21.0. The molecule has 0 bridgehead atoms. The lowest BCUT2D eigenvalue weighted by atomic mass is 9.89. The predicted octanol–water partition coefficient (Wildman–Crippen LogP) is 2.05. The average molecular weight is 391 g/mol. The summed E-state index contributed by atoms with van der Waals surface area (Å²) >= 11 is 0. The monoisotopic (exact) mass is 391 g/mol. The van der Waals surface area contributed by atoms with Crippen LogP contribution in [-0.2, 0) is 26.1 Å². The third kappa shape index (κ3) is 3.55. The van der Waals surface area contributed by atoms with Crippen molar-refractivity contribution >= 4 is 11.6 Å². The molecular weight excluding hydrogens is 366 g/mol. The molecule has 3 aromatic rings. The third-order valence-electron chi connectivity index (χ3n) is 5.99. The van der Waals surface area contributed by atoms with Crippen LogP contribution in [0.5, 0.6) is 0 Å². The van der Waals surface area contributed by atoms with Gasteiger partial charge in [0.05, 0.1) is 6.20 Å². The van der Waals surface area contributed by atoms with E-state index >= 15 is 0 Å². The molecule has 2 aromatic heterocycles. The van der Waals surface area contributed by atoms with Crippen molar-refractivity contribution in [1.29, 1.82) is 0 Å². The molecule has 29 heavy (non-hydrogen) atoms. The number of fused-ring (bicyclic) bond motifs is 2. The van der Waals surface area contributed by atoms with Gasteiger partial charge in [0.1, 0.15) is 5.82 Å². The Morgan fingerprint density at radius 1 is 1.14 bits per heavy atom. The van der Waals surface area contributed by atoms with Crippen LogP contribution in [-0.4, -0.2) is 48.4 Å². The summed E-state index contributed by atoms with van der Waals surface area (Å²) < 4.78 is 3.98. The highest BCUT2D eigenvalue weighted by Gasteiger charge is 2.39. The Bertz CT molecular complexity index is 1010. The van der Waals surface area contributed by atoms with Gasteiger partial charge in [-0.1, -0.05) is 18.2 Å². The van der Waals surface area contributed by atoms with E-state index in [1.165, 1.54) is 5.56 Å². The zero-order valence-electron chi connectivity index (χ0n) is 16.5. The van der Waals surface area contributed by atoms with Crippen molar-refractivity contribution in [3.8, 4) is 0 Å². The average Bonchev–Trinajstić information content (AvgIpc) is 3.44. The molecule has 1 saturated heterocycles. The number of hydrogen-bond donors (Lipinski definition) is 1. The molecule has 1 amide bonds. The van der Waals surface area contributed by atoms with E-state index in [9.17, 15) is 4.79 Å². The summed E-state index contributed by atoms with van der Waals surface area (Å²) in [6, 6.07) is 9.47. The zero-order valence-corrected chi connectivity index (χ0v) is 16.5. The topological polar surface area (TPSA) is 80.9 Å². The number of nitrogens with zero attached hydrogens (tertiary/aromatic N) is 6. The first-order valence-electron chi connectivity index (χ1n) is 10.2. The van der Waals surface area contributed by atoms with E-state index in [2.05, 4.69) is 38.6 Å². The molecule has 0 radical (unpaired) electrons. The van der Waals surface area contributed by atoms with Crippen LogP contribution in [0.3, 0.4) is 0 Å². The quantitative estimate of drug-likeness (QED) is 0.720. The molecule has 2 atom stereocenters. The molecule has 2 aliphatic heterocycles. The number of aromatic nitrogens is 5. The first kappa shape index (κ1) is 18.1. The lowest BCUT2D eigenvalue weighted by molar-refractivity contribution is 0.100. The highest BCUT2D eigenvalue weighted by Crippen LogP contribution is 2.33. The molecule has 2 aliphatic rings. The van der Waals surface area contributed by atoms with Gasteiger partial charge < -0.3 is 9.88 Å². The van der Waals surface area contributed by atoms with Crippen LogP contribution in [0.2, 0.25) is 0 Å². The van der Waals surface area contributed by atoms with Gasteiger partial charge in [-0.05, 0) is 30.9 Å². The summed E-state index contributed by atoms with van der Waals surface area (Å²) in [6.07, 6.45) is 4.97. The second-order valence-electron chi connectivity index (χ2n) is 7.99. The number of likely N-dealkylation sites (tertiary alicyclic amines) is 1. The molecule has 150 valence electrons. The van der Waals surface area contributed by atoms with Gasteiger partial charge in [-0.3, -0.25) is 14.4 Å². The molecule has 5 rings (SSSR count). The summed E-state index contributed by atoms with van der Waals surface area (Å²) in [4.78, 5) is 15.2. The number of anilines is 1. The Morgan fingerprint density at radius 3 is 2.76 bits per heavy atom. The van der Waals surface area contributed by atoms with Gasteiger partial charge in [0.15, 0.2) is 0 Å². The molecule has 4 heterocycles. The molecule has 8 nitrogen and oxygen atoms in total. The van der Waals surface area contributed by atoms with Gasteiger partial charge >= 0.3 is 0 Å². The fourth-order valence-electron chi connectivity index (χ4n) is 4.55. The predicted molar refractivity (Wildman–Crippen MR) is 108 cm³/mol. The Hall–Kier alpha value is -3.00. The Labute approximate surface area is 169 Å². The van der Waals surface area contributed by atoms with Crippen LogP contribution in [0.15, 0.2) is 42.7 Å². The number of carbonyl (C=O) groups excluding carboxylic acids is 1. The lowest BCUT2D eigenvalue weighted by Gasteiger charge is -2.25. The number of carbonyl (C=O) groups is 1. The van der Waals surface area contributed by atoms with E-state index < -0.39 is 0 Å². The SMILES string of the molecule is CCn1cc(CN2C[C@H]3Cc4nnc(C(=O)Nc5ccccc5)n4C[C@H]3C2)cn1. The largest absolute Gasteiger partial charge is 0.319 e. The van der Waals surface area contributed by atoms with Crippen LogP contribution in [0.1, 0.15) is 28.9 Å². The second-order valence-corrected chi connectivity index (χ2v) is 7.99. The first-order chi connectivity index (χ1) is 14.2. The number of rotatable bonds is 5. The van der Waals surface area contributed by atoms with Crippen LogP contribution >= 0.6 is 0 Å². The van der Waals surface area contributed by atoms with Crippen molar-refractivity contribution in [3.63, 3.8) is 0 Å². The van der Waals surface area contributed by atoms with Crippen LogP contribution in [0.25, 0.3) is 0 Å². The molecule has 0 saturated carbocycles. The van der Waals surface area contributed by atoms with E-state index in [4.69, 9.17) is 0 Å². The Kier molecular flexibility index (Phi) is 4.63. The fourth-order valence-corrected chi connectivity index (χ4v) is 4.55. The first-order valence-corrected chi connectivity index (χ1v) is 10.2. The van der Waals surface area contributed by atoms with E-state index in [0.717, 1.165) is 50.7 Å². The molecule has 0 aliphatic carbocycles. The maximum absolute atomic E-state index is 12.7. The minimum absolute atomic E-state index is 0.199. The summed E-state index contributed by atoms with van der Waals surface area (Å²) in [6.45, 7) is 6.80. The van der Waals surface area contributed by atoms with Crippen LogP contribution in [0.4, 0.5) is 5.69 Å². The number of aryl methyl sites for hydroxylation is 1. The van der Waals surface area contributed by atoms with Crippen LogP contribution < -0.4 is 5.32 Å². The number of nitrogens with one attached hydrogen (secondary N) is 1. The Morgan fingerprint density at radius 2 is 1.97 bits per heavy atom. The summed E-state index contributed by atoms with van der Waals surface area (Å²) in [5.41, 5.74) is 2.02. The van der Waals surface area contributed by atoms with Crippen molar-refractivity contribution in [2.45, 2.75) is 33.0 Å². The molecule has 1 N–H and O–H groups in total. The van der Waals surface area contributed by atoms with Gasteiger partial charge in [-0.15, -0.1) is 10.2 Å². The van der Waals surface area contributed by atoms with Gasteiger partial charge in [0.25, 0.3) is 5.91 Å². The smallest absolute Gasteiger partial charge is 0.293 e. The molecule has 1 fully saturated rings. The second kappa shape index (κ2) is 7.44. The van der Waals surface area contributed by atoms with E-state index in [0.29, 0.717) is 17.7 Å². The number of amides is 1. The van der Waals surface area contributed by atoms with Crippen molar-refractivity contribution in [2.24, 2.45) is 11.8 Å². The van der Waals surface area contributed by atoms with E-state index in [1.54, 1.807) is 0 Å². The van der Waals surface area contributed by atoms with Crippen molar-refractivity contribution < 1.29 is 4.79 Å². The standard InChI is InChI=1S/C21H25N7O/c1-2-27-11-15(9-22-27)10-26-12-16-8-19-24-25-20(28(19)14-17(16)13-26)21(29)23-18-6-4-3-5-7-18/h3-7,9,11,16-17H,2,8,10,12-14H2,1H3,(H,23,29)/t16-,17-/m1/s1. The third-order valence-corrected chi connectivity index (χ3v) is 5.99. The molecular formula is C21H25N7O.